The first-order chi connectivity index (χ1) is 8.70. The molecule has 1 aliphatic carbocycles. The lowest BCUT2D eigenvalue weighted by molar-refractivity contribution is 0.578. The molecule has 0 spiro atoms. The van der Waals surface area contributed by atoms with Crippen LogP contribution in [0, 0.1) is 0 Å². The Labute approximate surface area is 126 Å². The summed E-state index contributed by atoms with van der Waals surface area (Å²) < 4.78 is 2.27. The molecule has 0 heterocycles. The lowest BCUT2D eigenvalue weighted by atomic mass is 9.98. The van der Waals surface area contributed by atoms with Gasteiger partial charge in [-0.25, -0.2) is 0 Å². The summed E-state index contributed by atoms with van der Waals surface area (Å²) in [6.45, 7) is 3.27. The average Bonchev–Trinajstić information content (AvgIpc) is 2.82. The van der Waals surface area contributed by atoms with Gasteiger partial charge in [0.05, 0.1) is 6.04 Å². The molecule has 0 saturated carbocycles. The Kier molecular flexibility index (Phi) is 5.46. The largest absolute Gasteiger partial charge is 0.307 e. The van der Waals surface area contributed by atoms with Gasteiger partial charge in [-0.05, 0) is 56.0 Å². The molecule has 1 N–H and O–H groups in total. The number of rotatable bonds is 5. The van der Waals surface area contributed by atoms with Gasteiger partial charge in [0.2, 0.25) is 0 Å². The molecule has 0 aliphatic heterocycles. The van der Waals surface area contributed by atoms with Crippen molar-refractivity contribution in [3.8, 4) is 0 Å². The van der Waals surface area contributed by atoms with E-state index in [-0.39, 0.29) is 0 Å². The lowest BCUT2D eigenvalue weighted by Gasteiger charge is -2.21. The number of nitrogens with one attached hydrogen (secondary N) is 1. The zero-order chi connectivity index (χ0) is 13.0. The minimum absolute atomic E-state index is 0.376. The third kappa shape index (κ3) is 3.69. The lowest BCUT2D eigenvalue weighted by Crippen LogP contribution is -2.23. The Bertz CT molecular complexity index is 420. The fourth-order valence-electron chi connectivity index (χ4n) is 2.45. The molecule has 1 aromatic carbocycles. The van der Waals surface area contributed by atoms with Gasteiger partial charge < -0.3 is 5.32 Å². The molecule has 98 valence electrons. The highest BCUT2D eigenvalue weighted by Gasteiger charge is 2.19. The number of benzene rings is 1. The highest BCUT2D eigenvalue weighted by atomic mass is 79.9. The van der Waals surface area contributed by atoms with Crippen LogP contribution in [0.3, 0.4) is 0 Å². The summed E-state index contributed by atoms with van der Waals surface area (Å²) in [5, 5.41) is 3.67. The summed E-state index contributed by atoms with van der Waals surface area (Å²) in [7, 11) is 0. The van der Waals surface area contributed by atoms with E-state index >= 15 is 0 Å². The summed E-state index contributed by atoms with van der Waals surface area (Å²) in [5.74, 6) is 0. The van der Waals surface area contributed by atoms with Gasteiger partial charge in [-0.1, -0.05) is 50.4 Å². The normalized spacial score (nSPS) is 16.7. The van der Waals surface area contributed by atoms with Crippen LogP contribution in [0.2, 0.25) is 0 Å². The van der Waals surface area contributed by atoms with Gasteiger partial charge in [-0.2, -0.15) is 0 Å². The standard InChI is InChI=1S/C15H19Br2N/c1-2-7-18-15(11-5-3-4-6-11)12-8-13(16)10-14(17)9-12/h5,8-10,15,18H,2-4,6-7H2,1H3. The van der Waals surface area contributed by atoms with E-state index in [0.717, 1.165) is 15.5 Å². The van der Waals surface area contributed by atoms with E-state index in [0.29, 0.717) is 6.04 Å². The molecule has 1 atom stereocenters. The maximum absolute atomic E-state index is 3.67. The van der Waals surface area contributed by atoms with Gasteiger partial charge in [0.1, 0.15) is 0 Å². The van der Waals surface area contributed by atoms with Gasteiger partial charge in [-0.15, -0.1) is 0 Å². The molecule has 1 aliphatic rings. The quantitative estimate of drug-likeness (QED) is 0.685. The van der Waals surface area contributed by atoms with Gasteiger partial charge in [0.25, 0.3) is 0 Å². The predicted molar refractivity (Wildman–Crippen MR) is 84.8 cm³/mol. The summed E-state index contributed by atoms with van der Waals surface area (Å²) in [4.78, 5) is 0. The Morgan fingerprint density at radius 2 is 1.94 bits per heavy atom. The number of halogens is 2. The zero-order valence-electron chi connectivity index (χ0n) is 10.7. The molecule has 0 fully saturated rings. The van der Waals surface area contributed by atoms with Crippen molar-refractivity contribution in [2.75, 3.05) is 6.54 Å². The highest BCUT2D eigenvalue weighted by Crippen LogP contribution is 2.33. The summed E-state index contributed by atoms with van der Waals surface area (Å²) in [5.41, 5.74) is 2.89. The SMILES string of the molecule is CCCNC(C1=CCCC1)c1cc(Br)cc(Br)c1. The summed E-state index contributed by atoms with van der Waals surface area (Å²) in [6.07, 6.45) is 7.33. The Hall–Kier alpha value is -0.120. The van der Waals surface area contributed by atoms with Crippen LogP contribution in [0.15, 0.2) is 38.8 Å². The average molecular weight is 373 g/mol. The van der Waals surface area contributed by atoms with E-state index in [4.69, 9.17) is 0 Å². The van der Waals surface area contributed by atoms with Crippen LogP contribution in [0.5, 0.6) is 0 Å². The van der Waals surface area contributed by atoms with Crippen LogP contribution in [0.25, 0.3) is 0 Å². The molecule has 1 unspecified atom stereocenters. The number of allylic oxidation sites excluding steroid dienone is 1. The smallest absolute Gasteiger partial charge is 0.0536 e. The molecule has 0 amide bonds. The zero-order valence-corrected chi connectivity index (χ0v) is 13.9. The van der Waals surface area contributed by atoms with E-state index < -0.39 is 0 Å². The van der Waals surface area contributed by atoms with E-state index in [1.165, 1.54) is 31.2 Å². The predicted octanol–water partition coefficient (Wildman–Crippen LogP) is 5.36. The Morgan fingerprint density at radius 1 is 1.22 bits per heavy atom. The molecular formula is C15H19Br2N. The van der Waals surface area contributed by atoms with E-state index in [1.54, 1.807) is 5.57 Å². The third-order valence-corrected chi connectivity index (χ3v) is 4.18. The summed E-state index contributed by atoms with van der Waals surface area (Å²) >= 11 is 7.16. The third-order valence-electron chi connectivity index (χ3n) is 3.26. The fourth-order valence-corrected chi connectivity index (χ4v) is 3.78. The molecule has 1 nitrogen and oxygen atoms in total. The first-order valence-corrected chi connectivity index (χ1v) is 8.17. The molecule has 2 rings (SSSR count). The maximum atomic E-state index is 3.67. The fraction of sp³-hybridized carbons (Fsp3) is 0.467. The number of hydrogen-bond acceptors (Lipinski definition) is 1. The topological polar surface area (TPSA) is 12.0 Å². The Balaban J connectivity index is 2.26. The van der Waals surface area contributed by atoms with Gasteiger partial charge in [-0.3, -0.25) is 0 Å². The molecular weight excluding hydrogens is 354 g/mol. The first-order valence-electron chi connectivity index (χ1n) is 6.59. The minimum Gasteiger partial charge on any atom is -0.307 e. The van der Waals surface area contributed by atoms with Crippen molar-refractivity contribution in [1.29, 1.82) is 0 Å². The molecule has 3 heteroatoms. The van der Waals surface area contributed by atoms with Crippen molar-refractivity contribution in [2.45, 2.75) is 38.6 Å². The van der Waals surface area contributed by atoms with Crippen LogP contribution in [0.1, 0.15) is 44.2 Å². The molecule has 0 bridgehead atoms. The van der Waals surface area contributed by atoms with Crippen LogP contribution in [-0.2, 0) is 0 Å². The van der Waals surface area contributed by atoms with Crippen molar-refractivity contribution in [3.05, 3.63) is 44.4 Å². The number of hydrogen-bond donors (Lipinski definition) is 1. The van der Waals surface area contributed by atoms with Crippen LogP contribution >= 0.6 is 31.9 Å². The molecule has 0 saturated heterocycles. The first kappa shape index (κ1) is 14.3. The molecule has 0 aromatic heterocycles. The van der Waals surface area contributed by atoms with E-state index in [9.17, 15) is 0 Å². The second kappa shape index (κ2) is 6.88. The Morgan fingerprint density at radius 3 is 2.50 bits per heavy atom. The van der Waals surface area contributed by atoms with Gasteiger partial charge >= 0.3 is 0 Å². The van der Waals surface area contributed by atoms with Crippen LogP contribution in [0.4, 0.5) is 0 Å². The second-order valence-electron chi connectivity index (χ2n) is 4.76. The van der Waals surface area contributed by atoms with Crippen LogP contribution in [-0.4, -0.2) is 6.54 Å². The van der Waals surface area contributed by atoms with E-state index in [2.05, 4.69) is 68.4 Å². The highest BCUT2D eigenvalue weighted by molar-refractivity contribution is 9.11. The summed E-state index contributed by atoms with van der Waals surface area (Å²) in [6, 6.07) is 6.90. The van der Waals surface area contributed by atoms with E-state index in [1.807, 2.05) is 0 Å². The minimum atomic E-state index is 0.376. The molecule has 0 radical (unpaired) electrons. The van der Waals surface area contributed by atoms with Crippen molar-refractivity contribution >= 4 is 31.9 Å². The van der Waals surface area contributed by atoms with Gasteiger partial charge in [0.15, 0.2) is 0 Å². The molecule has 1 aromatic rings. The van der Waals surface area contributed by atoms with Crippen molar-refractivity contribution in [2.24, 2.45) is 0 Å². The van der Waals surface area contributed by atoms with Gasteiger partial charge in [0, 0.05) is 8.95 Å². The van der Waals surface area contributed by atoms with Crippen molar-refractivity contribution < 1.29 is 0 Å². The van der Waals surface area contributed by atoms with Crippen LogP contribution < -0.4 is 5.32 Å². The monoisotopic (exact) mass is 371 g/mol. The van der Waals surface area contributed by atoms with Crippen molar-refractivity contribution in [3.63, 3.8) is 0 Å². The maximum Gasteiger partial charge on any atom is 0.0536 e. The molecule has 18 heavy (non-hydrogen) atoms. The second-order valence-corrected chi connectivity index (χ2v) is 6.59. The van der Waals surface area contributed by atoms with Crippen molar-refractivity contribution in [1.82, 2.24) is 5.32 Å².